The van der Waals surface area contributed by atoms with Gasteiger partial charge in [-0.05, 0) is 17.7 Å². The number of carbonyl (C=O) groups excluding carboxylic acids is 1. The van der Waals surface area contributed by atoms with Crippen molar-refractivity contribution in [2.45, 2.75) is 6.54 Å². The molecule has 0 spiro atoms. The molecule has 27 heavy (non-hydrogen) atoms. The molecule has 1 fully saturated rings. The Morgan fingerprint density at radius 2 is 1.52 bits per heavy atom. The van der Waals surface area contributed by atoms with Crippen LogP contribution in [0.1, 0.15) is 15.9 Å². The van der Waals surface area contributed by atoms with Crippen LogP contribution in [0.4, 0.5) is 0 Å². The van der Waals surface area contributed by atoms with Gasteiger partial charge in [0.05, 0.1) is 26.9 Å². The molecular weight excluding hydrogens is 344 g/mol. The average molecular weight is 370 g/mol. The topological polar surface area (TPSA) is 51.2 Å². The fraction of sp³-hybridized carbons (Fsp3) is 0.381. The number of ether oxygens (including phenoxy) is 3. The molecule has 1 saturated heterocycles. The van der Waals surface area contributed by atoms with Crippen LogP contribution in [0.15, 0.2) is 42.5 Å². The van der Waals surface area contributed by atoms with Crippen LogP contribution in [0.2, 0.25) is 0 Å². The number of benzene rings is 2. The molecule has 0 aliphatic carbocycles. The van der Waals surface area contributed by atoms with Gasteiger partial charge in [0.25, 0.3) is 5.91 Å². The molecule has 1 heterocycles. The van der Waals surface area contributed by atoms with Crippen molar-refractivity contribution in [3.05, 3.63) is 53.6 Å². The van der Waals surface area contributed by atoms with Crippen LogP contribution in [-0.2, 0) is 6.54 Å². The molecule has 1 aliphatic rings. The minimum atomic E-state index is -0.0489. The van der Waals surface area contributed by atoms with Crippen molar-refractivity contribution >= 4 is 5.91 Å². The van der Waals surface area contributed by atoms with E-state index >= 15 is 0 Å². The number of hydrogen-bond donors (Lipinski definition) is 0. The highest BCUT2D eigenvalue weighted by Crippen LogP contribution is 2.40. The zero-order chi connectivity index (χ0) is 19.2. The molecule has 0 atom stereocenters. The van der Waals surface area contributed by atoms with E-state index in [1.165, 1.54) is 19.8 Å². The Hall–Kier alpha value is -2.73. The summed E-state index contributed by atoms with van der Waals surface area (Å²) in [6.45, 7) is 3.96. The van der Waals surface area contributed by atoms with Gasteiger partial charge in [-0.25, -0.2) is 0 Å². The lowest BCUT2D eigenvalue weighted by atomic mass is 10.1. The second-order valence-corrected chi connectivity index (χ2v) is 6.44. The number of methoxy groups -OCH3 is 3. The Kier molecular flexibility index (Phi) is 6.19. The number of carbonyl (C=O) groups is 1. The monoisotopic (exact) mass is 370 g/mol. The minimum Gasteiger partial charge on any atom is -0.493 e. The van der Waals surface area contributed by atoms with E-state index in [0.29, 0.717) is 35.9 Å². The van der Waals surface area contributed by atoms with Crippen molar-refractivity contribution in [2.24, 2.45) is 0 Å². The highest BCUT2D eigenvalue weighted by atomic mass is 16.5. The predicted molar refractivity (Wildman–Crippen MR) is 104 cm³/mol. The maximum atomic E-state index is 13.0. The van der Waals surface area contributed by atoms with Gasteiger partial charge in [-0.2, -0.15) is 0 Å². The van der Waals surface area contributed by atoms with Crippen LogP contribution in [0, 0.1) is 0 Å². The average Bonchev–Trinajstić information content (AvgIpc) is 2.73. The highest BCUT2D eigenvalue weighted by molar-refractivity contribution is 5.98. The van der Waals surface area contributed by atoms with Gasteiger partial charge in [-0.3, -0.25) is 9.69 Å². The Bertz CT molecular complexity index is 771. The van der Waals surface area contributed by atoms with Gasteiger partial charge in [-0.15, -0.1) is 0 Å². The summed E-state index contributed by atoms with van der Waals surface area (Å²) >= 11 is 0. The molecule has 0 aromatic heterocycles. The summed E-state index contributed by atoms with van der Waals surface area (Å²) in [6.07, 6.45) is 0. The smallest absolute Gasteiger partial charge is 0.257 e. The summed E-state index contributed by atoms with van der Waals surface area (Å²) < 4.78 is 16.1. The van der Waals surface area contributed by atoms with Gasteiger partial charge in [0.2, 0.25) is 5.75 Å². The Labute approximate surface area is 160 Å². The molecule has 2 aromatic rings. The molecular formula is C21H26N2O4. The van der Waals surface area contributed by atoms with E-state index in [4.69, 9.17) is 14.2 Å². The van der Waals surface area contributed by atoms with Crippen LogP contribution in [0.25, 0.3) is 0 Å². The summed E-state index contributed by atoms with van der Waals surface area (Å²) in [7, 11) is 4.63. The number of nitrogens with zero attached hydrogens (tertiary/aromatic N) is 2. The van der Waals surface area contributed by atoms with E-state index in [0.717, 1.165) is 19.6 Å². The Morgan fingerprint density at radius 1 is 0.852 bits per heavy atom. The normalized spacial score (nSPS) is 14.7. The first-order valence-electron chi connectivity index (χ1n) is 9.02. The maximum Gasteiger partial charge on any atom is 0.257 e. The molecule has 6 nitrogen and oxygen atoms in total. The molecule has 144 valence electrons. The van der Waals surface area contributed by atoms with Gasteiger partial charge in [0.15, 0.2) is 11.5 Å². The van der Waals surface area contributed by atoms with Crippen molar-refractivity contribution in [1.82, 2.24) is 9.80 Å². The molecule has 0 radical (unpaired) electrons. The van der Waals surface area contributed by atoms with Crippen LogP contribution >= 0.6 is 0 Å². The molecule has 0 saturated carbocycles. The Morgan fingerprint density at radius 3 is 2.11 bits per heavy atom. The molecule has 2 aromatic carbocycles. The SMILES string of the molecule is COc1ccc(C(=O)N2CCN(Cc3ccccc3)CC2)c(OC)c1OC. The molecule has 0 bridgehead atoms. The summed E-state index contributed by atoms with van der Waals surface area (Å²) in [5.74, 6) is 1.34. The lowest BCUT2D eigenvalue weighted by Gasteiger charge is -2.35. The lowest BCUT2D eigenvalue weighted by Crippen LogP contribution is -2.48. The van der Waals surface area contributed by atoms with Crippen molar-refractivity contribution in [3.63, 3.8) is 0 Å². The lowest BCUT2D eigenvalue weighted by molar-refractivity contribution is 0.0624. The summed E-state index contributed by atoms with van der Waals surface area (Å²) in [6, 6.07) is 13.9. The van der Waals surface area contributed by atoms with E-state index in [9.17, 15) is 4.79 Å². The molecule has 0 N–H and O–H groups in total. The van der Waals surface area contributed by atoms with Crippen LogP contribution in [-0.4, -0.2) is 63.2 Å². The van der Waals surface area contributed by atoms with Crippen molar-refractivity contribution in [2.75, 3.05) is 47.5 Å². The number of amides is 1. The third-order valence-corrected chi connectivity index (χ3v) is 4.84. The van der Waals surface area contributed by atoms with E-state index in [1.54, 1.807) is 19.2 Å². The van der Waals surface area contributed by atoms with E-state index in [1.807, 2.05) is 11.0 Å². The second kappa shape index (κ2) is 8.77. The first-order chi connectivity index (χ1) is 13.2. The van der Waals surface area contributed by atoms with Crippen LogP contribution in [0.5, 0.6) is 17.2 Å². The fourth-order valence-corrected chi connectivity index (χ4v) is 3.39. The van der Waals surface area contributed by atoms with Gasteiger partial charge < -0.3 is 19.1 Å². The van der Waals surface area contributed by atoms with Crippen molar-refractivity contribution in [1.29, 1.82) is 0 Å². The first-order valence-corrected chi connectivity index (χ1v) is 9.02. The first kappa shape index (κ1) is 19.0. The fourth-order valence-electron chi connectivity index (χ4n) is 3.39. The largest absolute Gasteiger partial charge is 0.493 e. The second-order valence-electron chi connectivity index (χ2n) is 6.44. The van der Waals surface area contributed by atoms with Crippen LogP contribution in [0.3, 0.4) is 0 Å². The maximum absolute atomic E-state index is 13.0. The zero-order valence-corrected chi connectivity index (χ0v) is 16.1. The molecule has 3 rings (SSSR count). The zero-order valence-electron chi connectivity index (χ0n) is 16.1. The third-order valence-electron chi connectivity index (χ3n) is 4.84. The van der Waals surface area contributed by atoms with E-state index in [2.05, 4.69) is 29.2 Å². The number of rotatable bonds is 6. The minimum absolute atomic E-state index is 0.0489. The molecule has 1 aliphatic heterocycles. The van der Waals surface area contributed by atoms with E-state index in [-0.39, 0.29) is 5.91 Å². The van der Waals surface area contributed by atoms with Gasteiger partial charge in [-0.1, -0.05) is 30.3 Å². The Balaban J connectivity index is 1.69. The summed E-state index contributed by atoms with van der Waals surface area (Å²) in [5, 5.41) is 0. The molecule has 0 unspecified atom stereocenters. The third kappa shape index (κ3) is 4.17. The standard InChI is InChI=1S/C21H26N2O4/c1-25-18-10-9-17(19(26-2)20(18)27-3)21(24)23-13-11-22(12-14-23)15-16-7-5-4-6-8-16/h4-10H,11-15H2,1-3H3. The summed E-state index contributed by atoms with van der Waals surface area (Å²) in [5.41, 5.74) is 1.78. The van der Waals surface area contributed by atoms with Gasteiger partial charge in [0.1, 0.15) is 0 Å². The number of hydrogen-bond acceptors (Lipinski definition) is 5. The highest BCUT2D eigenvalue weighted by Gasteiger charge is 2.27. The van der Waals surface area contributed by atoms with Gasteiger partial charge >= 0.3 is 0 Å². The van der Waals surface area contributed by atoms with Gasteiger partial charge in [0, 0.05) is 32.7 Å². The van der Waals surface area contributed by atoms with Crippen molar-refractivity contribution < 1.29 is 19.0 Å². The van der Waals surface area contributed by atoms with E-state index < -0.39 is 0 Å². The molecule has 6 heteroatoms. The number of piperazine rings is 1. The van der Waals surface area contributed by atoms with Crippen LogP contribution < -0.4 is 14.2 Å². The van der Waals surface area contributed by atoms with Crippen molar-refractivity contribution in [3.8, 4) is 17.2 Å². The quantitative estimate of drug-likeness (QED) is 0.783. The molecule has 1 amide bonds. The summed E-state index contributed by atoms with van der Waals surface area (Å²) in [4.78, 5) is 17.3. The predicted octanol–water partition coefficient (Wildman–Crippen LogP) is 2.67.